The van der Waals surface area contributed by atoms with Gasteiger partial charge >= 0.3 is 15.5 Å². The van der Waals surface area contributed by atoms with E-state index in [9.17, 15) is 26.4 Å². The van der Waals surface area contributed by atoms with Crippen LogP contribution >= 0.6 is 11.6 Å². The molecule has 1 fully saturated rings. The van der Waals surface area contributed by atoms with E-state index in [-0.39, 0.29) is 28.8 Å². The molecule has 0 aromatic heterocycles. The van der Waals surface area contributed by atoms with Crippen LogP contribution in [0.2, 0.25) is 5.02 Å². The van der Waals surface area contributed by atoms with Gasteiger partial charge in [-0.25, -0.2) is 0 Å². The first-order chi connectivity index (χ1) is 13.5. The summed E-state index contributed by atoms with van der Waals surface area (Å²) in [4.78, 5) is 12.4. The quantitative estimate of drug-likeness (QED) is 0.705. The van der Waals surface area contributed by atoms with Crippen molar-refractivity contribution < 1.29 is 26.4 Å². The molecule has 0 bridgehead atoms. The zero-order valence-electron chi connectivity index (χ0n) is 15.3. The number of benzene rings is 2. The van der Waals surface area contributed by atoms with Crippen LogP contribution in [0.25, 0.3) is 0 Å². The first kappa shape index (κ1) is 21.4. The van der Waals surface area contributed by atoms with Crippen LogP contribution in [0, 0.1) is 6.92 Å². The van der Waals surface area contributed by atoms with Crippen molar-refractivity contribution in [3.05, 3.63) is 64.2 Å². The third-order valence-corrected chi connectivity index (χ3v) is 6.20. The lowest BCUT2D eigenvalue weighted by atomic mass is 9.76. The second-order valence-corrected chi connectivity index (χ2v) is 9.08. The highest BCUT2D eigenvalue weighted by molar-refractivity contribution is 7.93. The van der Waals surface area contributed by atoms with Gasteiger partial charge in [0.25, 0.3) is 5.91 Å². The molecular weight excluding hydrogens is 429 g/mol. The second kappa shape index (κ2) is 7.87. The van der Waals surface area contributed by atoms with Gasteiger partial charge in [0.2, 0.25) is 0 Å². The highest BCUT2D eigenvalue weighted by Gasteiger charge is 2.46. The molecule has 156 valence electrons. The molecule has 10 heteroatoms. The molecule has 3 rings (SSSR count). The van der Waals surface area contributed by atoms with Crippen molar-refractivity contribution in [3.8, 4) is 0 Å². The summed E-state index contributed by atoms with van der Waals surface area (Å²) in [6, 6.07) is 11.3. The molecule has 1 aliphatic carbocycles. The molecule has 0 heterocycles. The molecule has 0 atom stereocenters. The maximum atomic E-state index is 12.5. The van der Waals surface area contributed by atoms with Crippen molar-refractivity contribution in [3.63, 3.8) is 0 Å². The van der Waals surface area contributed by atoms with E-state index in [1.54, 1.807) is 0 Å². The van der Waals surface area contributed by atoms with Crippen LogP contribution in [0.15, 0.2) is 42.5 Å². The van der Waals surface area contributed by atoms with Gasteiger partial charge in [0.1, 0.15) is 0 Å². The van der Waals surface area contributed by atoms with Gasteiger partial charge in [-0.05, 0) is 67.1 Å². The van der Waals surface area contributed by atoms with E-state index in [0.717, 1.165) is 24.5 Å². The minimum absolute atomic E-state index is 0.00751. The van der Waals surface area contributed by atoms with Crippen LogP contribution in [-0.4, -0.2) is 25.9 Å². The Morgan fingerprint density at radius 3 is 2.28 bits per heavy atom. The molecular formula is C19H18ClF3N2O3S. The van der Waals surface area contributed by atoms with E-state index >= 15 is 0 Å². The molecule has 29 heavy (non-hydrogen) atoms. The number of amides is 1. The molecule has 0 saturated heterocycles. The molecule has 2 aromatic rings. The summed E-state index contributed by atoms with van der Waals surface area (Å²) in [5.74, 6) is -0.0312. The zero-order valence-corrected chi connectivity index (χ0v) is 16.8. The number of hydrogen-bond donors (Lipinski definition) is 2. The van der Waals surface area contributed by atoms with Gasteiger partial charge in [0.05, 0.1) is 5.69 Å². The summed E-state index contributed by atoms with van der Waals surface area (Å²) >= 11 is 5.87. The Morgan fingerprint density at radius 1 is 1.10 bits per heavy atom. The van der Waals surface area contributed by atoms with Gasteiger partial charge in [-0.3, -0.25) is 9.52 Å². The first-order valence-electron chi connectivity index (χ1n) is 8.72. The van der Waals surface area contributed by atoms with Crippen molar-refractivity contribution in [2.75, 3.05) is 4.72 Å². The standard InChI is InChI=1S/C19H18ClF3N2O3S/c1-11-8-13(4-7-17(11)25-29(27,28)19(21,22)23)18(26)24-16-9-14(10-16)12-2-5-15(20)6-3-12/h2-8,14,16,25H,9-10H2,1H3,(H,24,26). The molecule has 1 aliphatic rings. The van der Waals surface area contributed by atoms with Gasteiger partial charge in [-0.2, -0.15) is 21.6 Å². The average Bonchev–Trinajstić information content (AvgIpc) is 2.59. The molecule has 5 nitrogen and oxygen atoms in total. The number of nitrogens with one attached hydrogen (secondary N) is 2. The number of alkyl halides is 3. The topological polar surface area (TPSA) is 75.3 Å². The SMILES string of the molecule is Cc1cc(C(=O)NC2CC(c3ccc(Cl)cc3)C2)ccc1NS(=O)(=O)C(F)(F)F. The predicted octanol–water partition coefficient (Wildman–Crippen LogP) is 4.59. The van der Waals surface area contributed by atoms with Crippen LogP contribution < -0.4 is 10.0 Å². The number of hydrogen-bond acceptors (Lipinski definition) is 3. The summed E-state index contributed by atoms with van der Waals surface area (Å²) in [6.07, 6.45) is 1.55. The largest absolute Gasteiger partial charge is 0.516 e. The van der Waals surface area contributed by atoms with Crippen molar-refractivity contribution in [2.24, 2.45) is 0 Å². The van der Waals surface area contributed by atoms with E-state index in [2.05, 4.69) is 5.32 Å². The van der Waals surface area contributed by atoms with E-state index in [1.165, 1.54) is 23.8 Å². The first-order valence-corrected chi connectivity index (χ1v) is 10.6. The lowest BCUT2D eigenvalue weighted by molar-refractivity contribution is -0.0429. The smallest absolute Gasteiger partial charge is 0.349 e. The number of halogens is 4. The lowest BCUT2D eigenvalue weighted by Gasteiger charge is -2.36. The van der Waals surface area contributed by atoms with Crippen LogP contribution in [0.5, 0.6) is 0 Å². The van der Waals surface area contributed by atoms with Crippen LogP contribution in [0.1, 0.15) is 40.2 Å². The third kappa shape index (κ3) is 4.84. The Hall–Kier alpha value is -2.26. The van der Waals surface area contributed by atoms with E-state index in [4.69, 9.17) is 11.6 Å². The third-order valence-electron chi connectivity index (χ3n) is 4.85. The molecule has 2 aromatic carbocycles. The predicted molar refractivity (Wildman–Crippen MR) is 104 cm³/mol. The lowest BCUT2D eigenvalue weighted by Crippen LogP contribution is -2.43. The number of aryl methyl sites for hydroxylation is 1. The Kier molecular flexibility index (Phi) is 5.82. The van der Waals surface area contributed by atoms with Gasteiger partial charge in [0.15, 0.2) is 0 Å². The Morgan fingerprint density at radius 2 is 1.72 bits per heavy atom. The van der Waals surface area contributed by atoms with Gasteiger partial charge in [-0.15, -0.1) is 0 Å². The fourth-order valence-electron chi connectivity index (χ4n) is 3.13. The highest BCUT2D eigenvalue weighted by Crippen LogP contribution is 2.37. The maximum absolute atomic E-state index is 12.5. The summed E-state index contributed by atoms with van der Waals surface area (Å²) in [5, 5.41) is 3.54. The van der Waals surface area contributed by atoms with Crippen LogP contribution in [0.4, 0.5) is 18.9 Å². The summed E-state index contributed by atoms with van der Waals surface area (Å²) in [5.41, 5.74) is -4.05. The van der Waals surface area contributed by atoms with Crippen molar-refractivity contribution in [1.82, 2.24) is 5.32 Å². The minimum atomic E-state index is -5.51. The van der Waals surface area contributed by atoms with Gasteiger partial charge in [0, 0.05) is 16.6 Å². The average molecular weight is 447 g/mol. The van der Waals surface area contributed by atoms with E-state index in [0.29, 0.717) is 10.9 Å². The summed E-state index contributed by atoms with van der Waals surface area (Å²) in [6.45, 7) is 1.42. The van der Waals surface area contributed by atoms with Gasteiger partial charge in [-0.1, -0.05) is 23.7 Å². The summed E-state index contributed by atoms with van der Waals surface area (Å²) in [7, 11) is -5.51. The Labute approximate surface area is 171 Å². The molecule has 0 radical (unpaired) electrons. The Balaban J connectivity index is 1.60. The number of carbonyl (C=O) groups is 1. The minimum Gasteiger partial charge on any atom is -0.349 e. The summed E-state index contributed by atoms with van der Waals surface area (Å²) < 4.78 is 61.4. The maximum Gasteiger partial charge on any atom is 0.516 e. The number of anilines is 1. The van der Waals surface area contributed by atoms with Gasteiger partial charge < -0.3 is 5.32 Å². The molecule has 0 unspecified atom stereocenters. The fourth-order valence-corrected chi connectivity index (χ4v) is 3.89. The Bertz CT molecular complexity index is 1020. The van der Waals surface area contributed by atoms with E-state index in [1.807, 2.05) is 24.3 Å². The highest BCUT2D eigenvalue weighted by atomic mass is 35.5. The number of carbonyl (C=O) groups excluding carboxylic acids is 1. The molecule has 0 spiro atoms. The number of rotatable bonds is 5. The van der Waals surface area contributed by atoms with Crippen LogP contribution in [0.3, 0.4) is 0 Å². The second-order valence-electron chi connectivity index (χ2n) is 6.97. The van der Waals surface area contributed by atoms with E-state index < -0.39 is 15.5 Å². The molecule has 1 amide bonds. The normalized spacial score (nSPS) is 19.3. The fraction of sp³-hybridized carbons (Fsp3) is 0.316. The van der Waals surface area contributed by atoms with Crippen LogP contribution in [-0.2, 0) is 10.0 Å². The number of sulfonamides is 1. The molecule has 0 aliphatic heterocycles. The molecule has 2 N–H and O–H groups in total. The van der Waals surface area contributed by atoms with Crippen molar-refractivity contribution >= 4 is 33.2 Å². The molecule has 1 saturated carbocycles. The zero-order chi connectivity index (χ0) is 21.4. The van der Waals surface area contributed by atoms with Crippen molar-refractivity contribution in [2.45, 2.75) is 37.2 Å². The van der Waals surface area contributed by atoms with Crippen molar-refractivity contribution in [1.29, 1.82) is 0 Å². The monoisotopic (exact) mass is 446 g/mol.